The molecule has 0 bridgehead atoms. The zero-order valence-electron chi connectivity index (χ0n) is 10.7. The molecule has 2 N–H and O–H groups in total. The molecule has 0 amide bonds. The molecule has 0 spiro atoms. The monoisotopic (exact) mass is 212 g/mol. The normalized spacial score (nSPS) is 27.6. The summed E-state index contributed by atoms with van der Waals surface area (Å²) in [6.45, 7) is 8.05. The van der Waals surface area contributed by atoms with Gasteiger partial charge in [-0.25, -0.2) is 0 Å². The molecule has 3 atom stereocenters. The van der Waals surface area contributed by atoms with Crippen molar-refractivity contribution in [2.24, 2.45) is 5.73 Å². The lowest BCUT2D eigenvalue weighted by molar-refractivity contribution is 0.0822. The first-order chi connectivity index (χ1) is 7.20. The molecule has 1 fully saturated rings. The van der Waals surface area contributed by atoms with E-state index in [0.717, 1.165) is 12.5 Å². The summed E-state index contributed by atoms with van der Waals surface area (Å²) < 4.78 is 0. The zero-order chi connectivity index (χ0) is 11.3. The zero-order valence-corrected chi connectivity index (χ0v) is 10.7. The number of hydrogen-bond donors (Lipinski definition) is 1. The van der Waals surface area contributed by atoms with Crippen LogP contribution in [-0.4, -0.2) is 29.6 Å². The third-order valence-corrected chi connectivity index (χ3v) is 3.91. The first-order valence-electron chi connectivity index (χ1n) is 6.72. The molecule has 1 aliphatic heterocycles. The van der Waals surface area contributed by atoms with Crippen molar-refractivity contribution >= 4 is 0 Å². The molecule has 0 saturated carbocycles. The van der Waals surface area contributed by atoms with E-state index in [1.807, 2.05) is 0 Å². The van der Waals surface area contributed by atoms with E-state index < -0.39 is 0 Å². The van der Waals surface area contributed by atoms with E-state index in [9.17, 15) is 0 Å². The molecule has 1 heterocycles. The summed E-state index contributed by atoms with van der Waals surface area (Å²) in [6, 6.07) is 1.71. The highest BCUT2D eigenvalue weighted by Gasteiger charge is 2.28. The molecular weight excluding hydrogens is 184 g/mol. The SMILES string of the molecule is CCCC1CCCCN1C(C)C(N)CC. The summed E-state index contributed by atoms with van der Waals surface area (Å²) in [4.78, 5) is 2.67. The Morgan fingerprint density at radius 1 is 1.33 bits per heavy atom. The van der Waals surface area contributed by atoms with Crippen molar-refractivity contribution in [1.29, 1.82) is 0 Å². The number of rotatable bonds is 5. The maximum atomic E-state index is 6.16. The minimum Gasteiger partial charge on any atom is -0.326 e. The molecule has 0 radical (unpaired) electrons. The van der Waals surface area contributed by atoms with Crippen LogP contribution in [0, 0.1) is 0 Å². The van der Waals surface area contributed by atoms with E-state index in [1.54, 1.807) is 0 Å². The molecule has 3 unspecified atom stereocenters. The highest BCUT2D eigenvalue weighted by atomic mass is 15.2. The second kappa shape index (κ2) is 6.49. The quantitative estimate of drug-likeness (QED) is 0.759. The van der Waals surface area contributed by atoms with Gasteiger partial charge in [0.15, 0.2) is 0 Å². The summed E-state index contributed by atoms with van der Waals surface area (Å²) in [7, 11) is 0. The molecule has 90 valence electrons. The average Bonchev–Trinajstić information content (AvgIpc) is 2.28. The van der Waals surface area contributed by atoms with Crippen LogP contribution in [0.3, 0.4) is 0 Å². The van der Waals surface area contributed by atoms with E-state index in [4.69, 9.17) is 5.73 Å². The smallest absolute Gasteiger partial charge is 0.0221 e. The van der Waals surface area contributed by atoms with Crippen molar-refractivity contribution in [2.75, 3.05) is 6.54 Å². The Labute approximate surface area is 95.2 Å². The van der Waals surface area contributed by atoms with Gasteiger partial charge in [0.1, 0.15) is 0 Å². The minimum absolute atomic E-state index is 0.349. The summed E-state index contributed by atoms with van der Waals surface area (Å²) in [5, 5.41) is 0. The first-order valence-corrected chi connectivity index (χ1v) is 6.72. The second-order valence-electron chi connectivity index (χ2n) is 4.99. The fourth-order valence-electron chi connectivity index (χ4n) is 2.79. The van der Waals surface area contributed by atoms with Gasteiger partial charge in [-0.05, 0) is 39.2 Å². The average molecular weight is 212 g/mol. The molecule has 0 aromatic heterocycles. The minimum atomic E-state index is 0.349. The van der Waals surface area contributed by atoms with Crippen LogP contribution in [0.4, 0.5) is 0 Å². The van der Waals surface area contributed by atoms with Gasteiger partial charge in [0.25, 0.3) is 0 Å². The Morgan fingerprint density at radius 2 is 2.07 bits per heavy atom. The van der Waals surface area contributed by atoms with Crippen molar-refractivity contribution in [2.45, 2.75) is 77.4 Å². The predicted octanol–water partition coefficient (Wildman–Crippen LogP) is 2.77. The van der Waals surface area contributed by atoms with Crippen LogP contribution in [-0.2, 0) is 0 Å². The fraction of sp³-hybridized carbons (Fsp3) is 1.00. The lowest BCUT2D eigenvalue weighted by Crippen LogP contribution is -2.52. The molecule has 15 heavy (non-hydrogen) atoms. The standard InChI is InChI=1S/C13H28N2/c1-4-8-12-9-6-7-10-15(12)11(3)13(14)5-2/h11-13H,4-10,14H2,1-3H3. The van der Waals surface area contributed by atoms with Crippen LogP contribution >= 0.6 is 0 Å². The van der Waals surface area contributed by atoms with Crippen LogP contribution in [0.1, 0.15) is 59.3 Å². The molecule has 2 heteroatoms. The van der Waals surface area contributed by atoms with E-state index in [0.29, 0.717) is 12.1 Å². The predicted molar refractivity (Wildman–Crippen MR) is 67.0 cm³/mol. The molecule has 1 rings (SSSR count). The summed E-state index contributed by atoms with van der Waals surface area (Å²) >= 11 is 0. The van der Waals surface area contributed by atoms with Crippen LogP contribution in [0.5, 0.6) is 0 Å². The number of nitrogens with zero attached hydrogens (tertiary/aromatic N) is 1. The van der Waals surface area contributed by atoms with E-state index >= 15 is 0 Å². The van der Waals surface area contributed by atoms with Crippen molar-refractivity contribution in [1.82, 2.24) is 4.90 Å². The third-order valence-electron chi connectivity index (χ3n) is 3.91. The lowest BCUT2D eigenvalue weighted by atomic mass is 9.94. The Morgan fingerprint density at radius 3 is 2.67 bits per heavy atom. The van der Waals surface area contributed by atoms with Crippen molar-refractivity contribution < 1.29 is 0 Å². The van der Waals surface area contributed by atoms with Gasteiger partial charge in [0, 0.05) is 18.1 Å². The van der Waals surface area contributed by atoms with Crippen molar-refractivity contribution in [3.8, 4) is 0 Å². The van der Waals surface area contributed by atoms with Gasteiger partial charge in [0.2, 0.25) is 0 Å². The molecule has 1 saturated heterocycles. The van der Waals surface area contributed by atoms with Crippen LogP contribution in [0.15, 0.2) is 0 Å². The fourth-order valence-corrected chi connectivity index (χ4v) is 2.79. The van der Waals surface area contributed by atoms with Gasteiger partial charge in [-0.15, -0.1) is 0 Å². The highest BCUT2D eigenvalue weighted by molar-refractivity contribution is 4.85. The lowest BCUT2D eigenvalue weighted by Gasteiger charge is -2.42. The number of likely N-dealkylation sites (tertiary alicyclic amines) is 1. The van der Waals surface area contributed by atoms with Gasteiger partial charge < -0.3 is 5.73 Å². The summed E-state index contributed by atoms with van der Waals surface area (Å²) in [6.07, 6.45) is 7.90. The Balaban J connectivity index is 2.54. The molecule has 0 aromatic carbocycles. The first kappa shape index (κ1) is 13.0. The molecule has 2 nitrogen and oxygen atoms in total. The van der Waals surface area contributed by atoms with Crippen LogP contribution < -0.4 is 5.73 Å². The van der Waals surface area contributed by atoms with E-state index in [-0.39, 0.29) is 0 Å². The summed E-state index contributed by atoms with van der Waals surface area (Å²) in [5.41, 5.74) is 6.16. The largest absolute Gasteiger partial charge is 0.326 e. The van der Waals surface area contributed by atoms with Crippen LogP contribution in [0.25, 0.3) is 0 Å². The van der Waals surface area contributed by atoms with E-state index in [2.05, 4.69) is 25.7 Å². The second-order valence-corrected chi connectivity index (χ2v) is 4.99. The molecule has 1 aliphatic rings. The number of hydrogen-bond acceptors (Lipinski definition) is 2. The number of piperidine rings is 1. The Hall–Kier alpha value is -0.0800. The topological polar surface area (TPSA) is 29.3 Å². The summed E-state index contributed by atoms with van der Waals surface area (Å²) in [5.74, 6) is 0. The maximum Gasteiger partial charge on any atom is 0.0221 e. The third kappa shape index (κ3) is 3.46. The van der Waals surface area contributed by atoms with Gasteiger partial charge in [-0.3, -0.25) is 4.90 Å². The van der Waals surface area contributed by atoms with E-state index in [1.165, 1.54) is 38.6 Å². The molecule has 0 aliphatic carbocycles. The van der Waals surface area contributed by atoms with Crippen molar-refractivity contribution in [3.05, 3.63) is 0 Å². The maximum absolute atomic E-state index is 6.16. The number of nitrogens with two attached hydrogens (primary N) is 1. The highest BCUT2D eigenvalue weighted by Crippen LogP contribution is 2.24. The van der Waals surface area contributed by atoms with Crippen molar-refractivity contribution in [3.63, 3.8) is 0 Å². The van der Waals surface area contributed by atoms with Gasteiger partial charge in [-0.2, -0.15) is 0 Å². The van der Waals surface area contributed by atoms with Gasteiger partial charge in [0.05, 0.1) is 0 Å². The molecule has 0 aromatic rings. The molecular formula is C13H28N2. The van der Waals surface area contributed by atoms with Gasteiger partial charge >= 0.3 is 0 Å². The Kier molecular flexibility index (Phi) is 5.62. The van der Waals surface area contributed by atoms with Gasteiger partial charge in [-0.1, -0.05) is 26.7 Å². The Bertz CT molecular complexity index is 166. The van der Waals surface area contributed by atoms with Crippen LogP contribution in [0.2, 0.25) is 0 Å².